The number of allylic oxidation sites excluding steroid dienone is 2. The van der Waals surface area contributed by atoms with Gasteiger partial charge in [0, 0.05) is 58.9 Å². The molecule has 5 rings (SSSR count). The van der Waals surface area contributed by atoms with Gasteiger partial charge in [-0.05, 0) is 30.5 Å². The molecule has 3 aromatic rings. The predicted octanol–water partition coefficient (Wildman–Crippen LogP) is 4.95. The Bertz CT molecular complexity index is 1740. The van der Waals surface area contributed by atoms with Crippen molar-refractivity contribution in [3.8, 4) is 0 Å². The number of piperazine rings is 1. The molecule has 0 aromatic heterocycles. The molecule has 10 heteroatoms. The number of hydrogen-bond donors (Lipinski definition) is 1. The molecule has 10 nitrogen and oxygen atoms in total. The minimum Gasteiger partial charge on any atom is -0.466 e. The molecule has 0 saturated carbocycles. The first kappa shape index (κ1) is 26.6. The third-order valence-corrected chi connectivity index (χ3v) is 8.06. The Kier molecular flexibility index (Phi) is 8.46. The summed E-state index contributed by atoms with van der Waals surface area (Å²) in [4.78, 5) is 41.4. The van der Waals surface area contributed by atoms with E-state index in [1.54, 1.807) is 6.92 Å². The lowest BCUT2D eigenvalue weighted by Crippen LogP contribution is -2.48. The fourth-order valence-corrected chi connectivity index (χ4v) is 5.96. The molecular formula is C35H38N4O6. The van der Waals surface area contributed by atoms with Crippen LogP contribution < -0.4 is 5.32 Å². The monoisotopic (exact) mass is 614 g/mol. The van der Waals surface area contributed by atoms with Crippen LogP contribution in [0.25, 0.3) is 0 Å². The minimum absolute atomic E-state index is 0.0216. The smallest absolute Gasteiger partial charge is 0.336 e. The Hall–Kier alpha value is -4.80. The zero-order valence-electron chi connectivity index (χ0n) is 29.4. The standard InChI is InChI=1S/C35H38N4O6/c1-24-30(34(40)44-3)32(28-15-10-16-29(23-28)39(42)43)31(25(2)36-24)35(41)45-22-21-37-17-19-38(20-18-37)33(26-11-6-4-7-12-26)27-13-8-5-9-14-27/h4-16,23,32-33,36H,17-22H2,1-3H3/i21D2,22D2. The molecule has 1 fully saturated rings. The van der Waals surface area contributed by atoms with Gasteiger partial charge in [-0.3, -0.25) is 19.9 Å². The first-order chi connectivity index (χ1) is 23.3. The highest BCUT2D eigenvalue weighted by Gasteiger charge is 2.38. The van der Waals surface area contributed by atoms with Crippen LogP contribution in [0.4, 0.5) is 5.69 Å². The van der Waals surface area contributed by atoms with Crippen LogP contribution in [0.1, 0.15) is 48.0 Å². The number of nitro groups is 1. The van der Waals surface area contributed by atoms with Gasteiger partial charge in [-0.25, -0.2) is 9.59 Å². The van der Waals surface area contributed by atoms with Gasteiger partial charge in [0.15, 0.2) is 0 Å². The van der Waals surface area contributed by atoms with Gasteiger partial charge in [-0.15, -0.1) is 0 Å². The second-order valence-corrected chi connectivity index (χ2v) is 10.8. The fraction of sp³-hybridized carbons (Fsp3) is 0.314. The van der Waals surface area contributed by atoms with Crippen LogP contribution in [0, 0.1) is 10.1 Å². The van der Waals surface area contributed by atoms with Crippen molar-refractivity contribution in [2.45, 2.75) is 25.8 Å². The van der Waals surface area contributed by atoms with Crippen LogP contribution in [0.5, 0.6) is 0 Å². The number of methoxy groups -OCH3 is 1. The maximum absolute atomic E-state index is 13.9. The summed E-state index contributed by atoms with van der Waals surface area (Å²) in [6.45, 7) is -1.67. The number of hydrogen-bond acceptors (Lipinski definition) is 9. The number of rotatable bonds is 10. The van der Waals surface area contributed by atoms with E-state index >= 15 is 0 Å². The Morgan fingerprint density at radius 3 is 2.04 bits per heavy atom. The summed E-state index contributed by atoms with van der Waals surface area (Å²) in [7, 11) is 1.16. The number of nitro benzene ring substituents is 1. The third kappa shape index (κ3) is 7.13. The number of esters is 2. The average Bonchev–Trinajstić information content (AvgIpc) is 3.08. The van der Waals surface area contributed by atoms with E-state index in [2.05, 4.69) is 10.2 Å². The van der Waals surface area contributed by atoms with E-state index < -0.39 is 35.8 Å². The molecule has 1 saturated heterocycles. The summed E-state index contributed by atoms with van der Waals surface area (Å²) >= 11 is 0. The normalized spacial score (nSPS) is 19.6. The lowest BCUT2D eigenvalue weighted by molar-refractivity contribution is -0.384. The maximum Gasteiger partial charge on any atom is 0.336 e. The highest BCUT2D eigenvalue weighted by Crippen LogP contribution is 2.40. The van der Waals surface area contributed by atoms with Crippen LogP contribution in [-0.4, -0.2) is 73.0 Å². The molecule has 0 amide bonds. The Morgan fingerprint density at radius 2 is 1.49 bits per heavy atom. The van der Waals surface area contributed by atoms with Gasteiger partial charge in [0.05, 0.1) is 37.9 Å². The topological polar surface area (TPSA) is 114 Å². The summed E-state index contributed by atoms with van der Waals surface area (Å²) in [5, 5.41) is 14.5. The largest absolute Gasteiger partial charge is 0.466 e. The van der Waals surface area contributed by atoms with Crippen molar-refractivity contribution in [3.63, 3.8) is 0 Å². The molecule has 45 heavy (non-hydrogen) atoms. The van der Waals surface area contributed by atoms with Gasteiger partial charge in [0.2, 0.25) is 0 Å². The second-order valence-electron chi connectivity index (χ2n) is 10.8. The highest BCUT2D eigenvalue weighted by molar-refractivity contribution is 5.99. The quantitative estimate of drug-likeness (QED) is 0.192. The zero-order valence-corrected chi connectivity index (χ0v) is 25.4. The van der Waals surface area contributed by atoms with Crippen molar-refractivity contribution in [2.75, 3.05) is 46.3 Å². The number of dihydropyridines is 1. The summed E-state index contributed by atoms with van der Waals surface area (Å²) < 4.78 is 45.5. The van der Waals surface area contributed by atoms with E-state index in [-0.39, 0.29) is 47.2 Å². The van der Waals surface area contributed by atoms with Gasteiger partial charge in [0.25, 0.3) is 5.69 Å². The van der Waals surface area contributed by atoms with Crippen LogP contribution in [0.3, 0.4) is 0 Å². The number of nitrogens with one attached hydrogen (secondary N) is 1. The molecule has 1 atom stereocenters. The lowest BCUT2D eigenvalue weighted by Gasteiger charge is -2.39. The molecule has 0 spiro atoms. The summed E-state index contributed by atoms with van der Waals surface area (Å²) in [5.41, 5.74) is 2.39. The van der Waals surface area contributed by atoms with Gasteiger partial charge in [-0.1, -0.05) is 72.8 Å². The Morgan fingerprint density at radius 1 is 0.911 bits per heavy atom. The van der Waals surface area contributed by atoms with E-state index in [0.717, 1.165) is 18.2 Å². The minimum atomic E-state index is -3.15. The highest BCUT2D eigenvalue weighted by atomic mass is 16.6. The molecule has 1 N–H and O–H groups in total. The summed E-state index contributed by atoms with van der Waals surface area (Å²) in [6.07, 6.45) is 0. The number of carbonyl (C=O) groups is 2. The van der Waals surface area contributed by atoms with Crippen LogP contribution in [0.2, 0.25) is 0 Å². The summed E-state index contributed by atoms with van der Waals surface area (Å²) in [6, 6.07) is 25.3. The molecule has 2 aliphatic heterocycles. The zero-order chi connectivity index (χ0) is 35.5. The van der Waals surface area contributed by atoms with E-state index in [1.807, 2.05) is 60.7 Å². The van der Waals surface area contributed by atoms with Gasteiger partial charge >= 0.3 is 11.9 Å². The van der Waals surface area contributed by atoms with Gasteiger partial charge in [0.1, 0.15) is 6.56 Å². The molecule has 234 valence electrons. The van der Waals surface area contributed by atoms with E-state index in [1.165, 1.54) is 36.1 Å². The van der Waals surface area contributed by atoms with Crippen molar-refractivity contribution in [2.24, 2.45) is 0 Å². The molecular weight excluding hydrogens is 572 g/mol. The average molecular weight is 615 g/mol. The van der Waals surface area contributed by atoms with Crippen molar-refractivity contribution in [3.05, 3.63) is 134 Å². The number of carbonyl (C=O) groups excluding carboxylic acids is 2. The summed E-state index contributed by atoms with van der Waals surface area (Å²) in [5.74, 6) is -3.25. The number of ether oxygens (including phenoxy) is 2. The molecule has 1 unspecified atom stereocenters. The fourth-order valence-electron chi connectivity index (χ4n) is 5.96. The molecule has 0 radical (unpaired) electrons. The molecule has 0 aliphatic carbocycles. The van der Waals surface area contributed by atoms with E-state index in [9.17, 15) is 19.7 Å². The Balaban J connectivity index is 1.39. The second kappa shape index (κ2) is 14.3. The van der Waals surface area contributed by atoms with Crippen molar-refractivity contribution in [1.82, 2.24) is 15.1 Å². The van der Waals surface area contributed by atoms with Crippen LogP contribution >= 0.6 is 0 Å². The van der Waals surface area contributed by atoms with Crippen LogP contribution in [-0.2, 0) is 19.1 Å². The van der Waals surface area contributed by atoms with Gasteiger partial charge < -0.3 is 14.8 Å². The molecule has 3 aromatic carbocycles. The first-order valence-corrected chi connectivity index (χ1v) is 14.6. The SMILES string of the molecule is [2H]C([2H])(OC(=O)C1=C(C)NC(C)=C(C(=O)OC)C1c1cccc([N+](=O)[O-])c1)C([2H])([2H])N1CCN(C(c2ccccc2)c2ccccc2)CC1. The number of benzene rings is 3. The third-order valence-electron chi connectivity index (χ3n) is 8.06. The molecule has 2 aliphatic rings. The van der Waals surface area contributed by atoms with E-state index in [4.69, 9.17) is 15.0 Å². The Labute approximate surface area is 268 Å². The van der Waals surface area contributed by atoms with Crippen molar-refractivity contribution in [1.29, 1.82) is 0 Å². The predicted molar refractivity (Wildman–Crippen MR) is 170 cm³/mol. The van der Waals surface area contributed by atoms with Crippen LogP contribution in [0.15, 0.2) is 107 Å². The first-order valence-electron chi connectivity index (χ1n) is 16.6. The molecule has 2 heterocycles. The van der Waals surface area contributed by atoms with Crippen molar-refractivity contribution < 1.29 is 29.5 Å². The molecule has 0 bridgehead atoms. The maximum atomic E-state index is 13.9. The van der Waals surface area contributed by atoms with Crippen molar-refractivity contribution >= 4 is 17.6 Å². The number of nitrogens with zero attached hydrogens (tertiary/aromatic N) is 3. The lowest BCUT2D eigenvalue weighted by atomic mass is 9.80. The van der Waals surface area contributed by atoms with Gasteiger partial charge in [-0.2, -0.15) is 0 Å². The van der Waals surface area contributed by atoms with E-state index in [0.29, 0.717) is 18.8 Å². The number of non-ortho nitro benzene ring substituents is 1.